The number of cyclic esters (lactones) is 1. The Labute approximate surface area is 99.8 Å². The molecular weight excluding hydrogens is 218 g/mol. The van der Waals surface area contributed by atoms with Crippen molar-refractivity contribution in [3.05, 3.63) is 23.3 Å². The summed E-state index contributed by atoms with van der Waals surface area (Å²) in [4.78, 5) is 22.4. The zero-order valence-electron chi connectivity index (χ0n) is 9.85. The minimum atomic E-state index is -0.0840. The second-order valence-corrected chi connectivity index (χ2v) is 4.58. The SMILES string of the molecule is Cc1ncc2c(n1)CN([C@H]1CCOC1=O)CC2. The van der Waals surface area contributed by atoms with Crippen LogP contribution in [0.2, 0.25) is 0 Å². The first kappa shape index (κ1) is 10.7. The summed E-state index contributed by atoms with van der Waals surface area (Å²) in [6, 6.07) is -0.0709. The Bertz CT molecular complexity index is 461. The van der Waals surface area contributed by atoms with Crippen molar-refractivity contribution in [2.75, 3.05) is 13.2 Å². The number of ether oxygens (including phenoxy) is 1. The van der Waals surface area contributed by atoms with Gasteiger partial charge in [-0.15, -0.1) is 0 Å². The summed E-state index contributed by atoms with van der Waals surface area (Å²) in [6.07, 6.45) is 3.62. The largest absolute Gasteiger partial charge is 0.464 e. The first-order valence-electron chi connectivity index (χ1n) is 5.96. The van der Waals surface area contributed by atoms with Crippen LogP contribution in [0.1, 0.15) is 23.5 Å². The molecule has 0 saturated carbocycles. The zero-order chi connectivity index (χ0) is 11.8. The molecule has 17 heavy (non-hydrogen) atoms. The van der Waals surface area contributed by atoms with Crippen molar-refractivity contribution >= 4 is 5.97 Å². The molecule has 1 saturated heterocycles. The average Bonchev–Trinajstić information content (AvgIpc) is 2.74. The number of hydrogen-bond acceptors (Lipinski definition) is 5. The van der Waals surface area contributed by atoms with E-state index in [1.165, 1.54) is 5.56 Å². The second kappa shape index (κ2) is 4.07. The van der Waals surface area contributed by atoms with Crippen molar-refractivity contribution in [3.63, 3.8) is 0 Å². The molecule has 0 N–H and O–H groups in total. The van der Waals surface area contributed by atoms with E-state index in [1.54, 1.807) is 0 Å². The Kier molecular flexibility index (Phi) is 2.55. The smallest absolute Gasteiger partial charge is 0.323 e. The van der Waals surface area contributed by atoms with Crippen LogP contribution in [0.15, 0.2) is 6.20 Å². The van der Waals surface area contributed by atoms with Crippen molar-refractivity contribution in [2.24, 2.45) is 0 Å². The number of esters is 1. The Morgan fingerprint density at radius 1 is 1.53 bits per heavy atom. The molecule has 3 rings (SSSR count). The van der Waals surface area contributed by atoms with Crippen LogP contribution in [-0.2, 0) is 22.5 Å². The molecule has 0 unspecified atom stereocenters. The molecule has 0 radical (unpaired) electrons. The number of nitrogens with zero attached hydrogens (tertiary/aromatic N) is 3. The molecule has 0 amide bonds. The van der Waals surface area contributed by atoms with E-state index in [0.717, 1.165) is 37.4 Å². The van der Waals surface area contributed by atoms with Gasteiger partial charge in [0.25, 0.3) is 0 Å². The Hall–Kier alpha value is -1.49. The molecule has 0 bridgehead atoms. The number of aryl methyl sites for hydroxylation is 1. The van der Waals surface area contributed by atoms with Gasteiger partial charge in [0, 0.05) is 25.7 Å². The molecule has 0 spiro atoms. The van der Waals surface area contributed by atoms with Crippen LogP contribution in [0.5, 0.6) is 0 Å². The van der Waals surface area contributed by atoms with Gasteiger partial charge in [-0.1, -0.05) is 0 Å². The fraction of sp³-hybridized carbons (Fsp3) is 0.583. The highest BCUT2D eigenvalue weighted by atomic mass is 16.5. The fourth-order valence-electron chi connectivity index (χ4n) is 2.51. The third kappa shape index (κ3) is 1.91. The van der Waals surface area contributed by atoms with E-state index in [0.29, 0.717) is 6.61 Å². The lowest BCUT2D eigenvalue weighted by Crippen LogP contribution is -2.42. The lowest BCUT2D eigenvalue weighted by molar-refractivity contribution is -0.142. The first-order valence-corrected chi connectivity index (χ1v) is 5.96. The molecule has 90 valence electrons. The van der Waals surface area contributed by atoms with Crippen LogP contribution in [-0.4, -0.2) is 40.0 Å². The van der Waals surface area contributed by atoms with Crippen molar-refractivity contribution in [2.45, 2.75) is 32.4 Å². The molecule has 2 aliphatic heterocycles. The molecule has 1 atom stereocenters. The summed E-state index contributed by atoms with van der Waals surface area (Å²) in [5.74, 6) is 0.707. The van der Waals surface area contributed by atoms with Crippen LogP contribution in [0, 0.1) is 6.92 Å². The summed E-state index contributed by atoms with van der Waals surface area (Å²) in [7, 11) is 0. The van der Waals surface area contributed by atoms with Crippen LogP contribution in [0.3, 0.4) is 0 Å². The Balaban J connectivity index is 1.82. The maximum atomic E-state index is 11.6. The van der Waals surface area contributed by atoms with Crippen molar-refractivity contribution < 1.29 is 9.53 Å². The van der Waals surface area contributed by atoms with Crippen molar-refractivity contribution in [1.29, 1.82) is 0 Å². The molecule has 3 heterocycles. The highest BCUT2D eigenvalue weighted by molar-refractivity contribution is 5.77. The molecule has 1 fully saturated rings. The van der Waals surface area contributed by atoms with Crippen molar-refractivity contribution in [1.82, 2.24) is 14.9 Å². The molecular formula is C12H15N3O2. The fourth-order valence-corrected chi connectivity index (χ4v) is 2.51. The lowest BCUT2D eigenvalue weighted by atomic mass is 10.0. The molecule has 1 aromatic rings. The van der Waals surface area contributed by atoms with Gasteiger partial charge in [-0.3, -0.25) is 9.69 Å². The molecule has 2 aliphatic rings. The first-order chi connectivity index (χ1) is 8.24. The third-order valence-corrected chi connectivity index (χ3v) is 3.44. The van der Waals surface area contributed by atoms with Gasteiger partial charge in [-0.2, -0.15) is 0 Å². The maximum Gasteiger partial charge on any atom is 0.323 e. The van der Waals surface area contributed by atoms with Gasteiger partial charge in [0.2, 0.25) is 0 Å². The monoisotopic (exact) mass is 233 g/mol. The molecule has 1 aromatic heterocycles. The second-order valence-electron chi connectivity index (χ2n) is 4.58. The van der Waals surface area contributed by atoms with E-state index >= 15 is 0 Å². The zero-order valence-corrected chi connectivity index (χ0v) is 9.85. The van der Waals surface area contributed by atoms with Gasteiger partial charge in [0.15, 0.2) is 0 Å². The van der Waals surface area contributed by atoms with E-state index in [2.05, 4.69) is 14.9 Å². The number of hydrogen-bond donors (Lipinski definition) is 0. The highest BCUT2D eigenvalue weighted by Gasteiger charge is 2.34. The summed E-state index contributed by atoms with van der Waals surface area (Å²) in [6.45, 7) is 4.07. The summed E-state index contributed by atoms with van der Waals surface area (Å²) in [5.41, 5.74) is 2.27. The predicted octanol–water partition coefficient (Wildman–Crippen LogP) is 0.459. The molecule has 0 aromatic carbocycles. The van der Waals surface area contributed by atoms with E-state index < -0.39 is 0 Å². The highest BCUT2D eigenvalue weighted by Crippen LogP contribution is 2.22. The predicted molar refractivity (Wildman–Crippen MR) is 60.2 cm³/mol. The van der Waals surface area contributed by atoms with Gasteiger partial charge >= 0.3 is 5.97 Å². The van der Waals surface area contributed by atoms with Crippen molar-refractivity contribution in [3.8, 4) is 0 Å². The van der Waals surface area contributed by atoms with E-state index in [-0.39, 0.29) is 12.0 Å². The summed E-state index contributed by atoms with van der Waals surface area (Å²) in [5, 5.41) is 0. The topological polar surface area (TPSA) is 55.3 Å². The van der Waals surface area contributed by atoms with Gasteiger partial charge in [0.05, 0.1) is 12.3 Å². The quantitative estimate of drug-likeness (QED) is 0.659. The third-order valence-electron chi connectivity index (χ3n) is 3.44. The summed E-state index contributed by atoms with van der Waals surface area (Å²) < 4.78 is 5.02. The minimum absolute atomic E-state index is 0.0709. The molecule has 5 nitrogen and oxygen atoms in total. The maximum absolute atomic E-state index is 11.6. The van der Waals surface area contributed by atoms with Gasteiger partial charge < -0.3 is 4.74 Å². The van der Waals surface area contributed by atoms with Gasteiger partial charge in [-0.05, 0) is 18.9 Å². The molecule has 0 aliphatic carbocycles. The van der Waals surface area contributed by atoms with Gasteiger partial charge in [-0.25, -0.2) is 9.97 Å². The van der Waals surface area contributed by atoms with E-state index in [4.69, 9.17) is 4.74 Å². The Morgan fingerprint density at radius 3 is 3.18 bits per heavy atom. The molecule has 5 heteroatoms. The normalized spacial score (nSPS) is 24.5. The number of fused-ring (bicyclic) bond motifs is 1. The van der Waals surface area contributed by atoms with E-state index in [9.17, 15) is 4.79 Å². The average molecular weight is 233 g/mol. The number of rotatable bonds is 1. The van der Waals surface area contributed by atoms with Crippen LogP contribution in [0.4, 0.5) is 0 Å². The minimum Gasteiger partial charge on any atom is -0.464 e. The number of carbonyl (C=O) groups excluding carboxylic acids is 1. The van der Waals surface area contributed by atoms with Crippen LogP contribution >= 0.6 is 0 Å². The van der Waals surface area contributed by atoms with Crippen LogP contribution < -0.4 is 0 Å². The summed E-state index contributed by atoms with van der Waals surface area (Å²) >= 11 is 0. The number of carbonyl (C=O) groups is 1. The van der Waals surface area contributed by atoms with E-state index in [1.807, 2.05) is 13.1 Å². The van der Waals surface area contributed by atoms with Crippen LogP contribution in [0.25, 0.3) is 0 Å². The standard InChI is InChI=1S/C12H15N3O2/c1-8-13-6-9-2-4-15(7-10(9)14-8)11-3-5-17-12(11)16/h6,11H,2-5,7H2,1H3/t11-/m0/s1. The Morgan fingerprint density at radius 2 is 2.41 bits per heavy atom. The van der Waals surface area contributed by atoms with Gasteiger partial charge in [0.1, 0.15) is 11.9 Å². The number of aromatic nitrogens is 2. The lowest BCUT2D eigenvalue weighted by Gasteiger charge is -2.30.